The molecule has 3 heterocycles. The van der Waals surface area contributed by atoms with Crippen LogP contribution in [0.5, 0.6) is 0 Å². The summed E-state index contributed by atoms with van der Waals surface area (Å²) in [4.78, 5) is 13.4. The molecule has 96 heavy (non-hydrogen) atoms. The van der Waals surface area contributed by atoms with Crippen LogP contribution in [0.15, 0.2) is 97.2 Å². The lowest BCUT2D eigenvalue weighted by atomic mass is 9.96. The number of ether oxygens (including phenoxy) is 6. The van der Waals surface area contributed by atoms with E-state index in [9.17, 15) is 61.0 Å². The molecule has 0 aromatic rings. The second kappa shape index (κ2) is 57.3. The van der Waals surface area contributed by atoms with E-state index in [2.05, 4.69) is 104 Å². The van der Waals surface area contributed by atoms with E-state index in [0.29, 0.717) is 12.8 Å². The van der Waals surface area contributed by atoms with Crippen molar-refractivity contribution < 1.29 is 89.4 Å². The molecule has 0 bridgehead atoms. The first kappa shape index (κ1) is 86.9. The van der Waals surface area contributed by atoms with E-state index in [0.717, 1.165) is 77.0 Å². The van der Waals surface area contributed by atoms with Crippen LogP contribution in [0, 0.1) is 0 Å². The molecular formula is C77H133NO18. The topological polar surface area (TPSA) is 307 Å². The second-order valence-corrected chi connectivity index (χ2v) is 26.4. The van der Waals surface area contributed by atoms with Crippen molar-refractivity contribution in [3.63, 3.8) is 0 Å². The van der Waals surface area contributed by atoms with Gasteiger partial charge in [0.15, 0.2) is 18.9 Å². The molecular weight excluding hydrogens is 1230 g/mol. The maximum absolute atomic E-state index is 13.4. The molecule has 3 aliphatic heterocycles. The van der Waals surface area contributed by atoms with Crippen molar-refractivity contribution in [1.82, 2.24) is 5.32 Å². The van der Waals surface area contributed by atoms with Crippen LogP contribution in [0.2, 0.25) is 0 Å². The van der Waals surface area contributed by atoms with Crippen LogP contribution < -0.4 is 5.32 Å². The van der Waals surface area contributed by atoms with Gasteiger partial charge in [-0.2, -0.15) is 0 Å². The molecule has 0 aromatic carbocycles. The molecule has 19 nitrogen and oxygen atoms in total. The number of rotatable bonds is 57. The van der Waals surface area contributed by atoms with Crippen molar-refractivity contribution >= 4 is 5.91 Å². The minimum Gasteiger partial charge on any atom is -0.394 e. The van der Waals surface area contributed by atoms with Crippen molar-refractivity contribution in [2.75, 3.05) is 26.4 Å². The fourth-order valence-electron chi connectivity index (χ4n) is 12.1. The second-order valence-electron chi connectivity index (χ2n) is 26.4. The van der Waals surface area contributed by atoms with E-state index in [1.165, 1.54) is 141 Å². The highest BCUT2D eigenvalue weighted by Gasteiger charge is 2.53. The molecule has 3 rings (SSSR count). The number of hydrogen-bond donors (Lipinski definition) is 12. The molecule has 3 saturated heterocycles. The summed E-state index contributed by atoms with van der Waals surface area (Å²) in [5.41, 5.74) is 0. The van der Waals surface area contributed by atoms with Crippen LogP contribution in [-0.4, -0.2) is 193 Å². The quantitative estimate of drug-likeness (QED) is 0.0199. The van der Waals surface area contributed by atoms with Gasteiger partial charge in [0, 0.05) is 6.42 Å². The van der Waals surface area contributed by atoms with Gasteiger partial charge in [0.1, 0.15) is 73.2 Å². The standard InChI is InChI=1S/C77H133NO18/c1-3-5-7-9-11-13-15-17-19-21-23-24-25-26-27-28-29-30-31-32-33-34-35-37-38-40-42-44-46-48-50-52-54-61(82)60(78-65(83)55-53-51-49-47-45-43-41-39-36-22-20-18-16-14-12-10-8-6-4-2)59-91-75-71(89)68(86)73(63(57-80)93-75)96-77-72(90)69(87)74(64(58-81)94-77)95-76-70(88)67(85)66(84)62(56-79)92-76/h6,8,12,14,18,20,36-39,43-46,52,54,60-64,66-77,79-82,84-90H,3-5,7,9-11,13,15-17,19,21-35,40-42,47-51,53,55-59H2,1-2H3,(H,78,83)/b8-6-,14-12-,20-18-,38-37+,39-36-,45-43-,46-44+,54-52+. The summed E-state index contributed by atoms with van der Waals surface area (Å²) in [7, 11) is 0. The van der Waals surface area contributed by atoms with Crippen LogP contribution in [-0.2, 0) is 33.2 Å². The lowest BCUT2D eigenvalue weighted by Crippen LogP contribution is -2.66. The first-order valence-corrected chi connectivity index (χ1v) is 37.5. The van der Waals surface area contributed by atoms with Gasteiger partial charge in [0.2, 0.25) is 5.91 Å². The molecule has 17 atom stereocenters. The number of carbonyl (C=O) groups is 1. The van der Waals surface area contributed by atoms with Crippen molar-refractivity contribution in [2.24, 2.45) is 0 Å². The number of hydrogen-bond acceptors (Lipinski definition) is 18. The number of nitrogens with one attached hydrogen (secondary N) is 1. The first-order valence-electron chi connectivity index (χ1n) is 37.5. The fourth-order valence-corrected chi connectivity index (χ4v) is 12.1. The first-order chi connectivity index (χ1) is 46.8. The molecule has 0 spiro atoms. The van der Waals surface area contributed by atoms with Crippen molar-refractivity contribution in [2.45, 2.75) is 356 Å². The molecule has 19 heteroatoms. The van der Waals surface area contributed by atoms with Crippen LogP contribution in [0.3, 0.4) is 0 Å². The number of aliphatic hydroxyl groups excluding tert-OH is 11. The van der Waals surface area contributed by atoms with Gasteiger partial charge < -0.3 is 89.9 Å². The van der Waals surface area contributed by atoms with Crippen LogP contribution in [0.1, 0.15) is 251 Å². The predicted molar refractivity (Wildman–Crippen MR) is 378 cm³/mol. The summed E-state index contributed by atoms with van der Waals surface area (Å²) in [6, 6.07) is -1.02. The van der Waals surface area contributed by atoms with Crippen LogP contribution in [0.4, 0.5) is 0 Å². The average molecular weight is 1360 g/mol. The smallest absolute Gasteiger partial charge is 0.220 e. The summed E-state index contributed by atoms with van der Waals surface area (Å²) in [6.07, 6.45) is 49.8. The summed E-state index contributed by atoms with van der Waals surface area (Å²) in [5.74, 6) is -0.323. The molecule has 0 saturated carbocycles. The van der Waals surface area contributed by atoms with Gasteiger partial charge in [0.25, 0.3) is 0 Å². The highest BCUT2D eigenvalue weighted by molar-refractivity contribution is 5.76. The molecule has 0 aliphatic carbocycles. The highest BCUT2D eigenvalue weighted by Crippen LogP contribution is 2.33. The Morgan fingerprint density at radius 2 is 0.729 bits per heavy atom. The third-order valence-corrected chi connectivity index (χ3v) is 18.1. The highest BCUT2D eigenvalue weighted by atomic mass is 16.8. The van der Waals surface area contributed by atoms with Gasteiger partial charge in [-0.15, -0.1) is 0 Å². The van der Waals surface area contributed by atoms with Gasteiger partial charge in [-0.05, 0) is 89.9 Å². The molecule has 12 N–H and O–H groups in total. The molecule has 17 unspecified atom stereocenters. The Balaban J connectivity index is 1.42. The summed E-state index contributed by atoms with van der Waals surface area (Å²) in [5, 5.41) is 121. The minimum absolute atomic E-state index is 0.187. The molecule has 0 radical (unpaired) electrons. The number of aliphatic hydroxyl groups is 11. The van der Waals surface area contributed by atoms with Gasteiger partial charge in [-0.25, -0.2) is 0 Å². The van der Waals surface area contributed by atoms with E-state index >= 15 is 0 Å². The number of amides is 1. The molecule has 554 valence electrons. The zero-order valence-corrected chi connectivity index (χ0v) is 58.8. The van der Waals surface area contributed by atoms with E-state index in [4.69, 9.17) is 28.4 Å². The Bertz CT molecular complexity index is 2110. The van der Waals surface area contributed by atoms with E-state index in [1.54, 1.807) is 6.08 Å². The summed E-state index contributed by atoms with van der Waals surface area (Å²) >= 11 is 0. The zero-order valence-electron chi connectivity index (χ0n) is 58.8. The zero-order chi connectivity index (χ0) is 69.6. The van der Waals surface area contributed by atoms with Crippen LogP contribution >= 0.6 is 0 Å². The van der Waals surface area contributed by atoms with Gasteiger partial charge in [0.05, 0.1) is 38.6 Å². The summed E-state index contributed by atoms with van der Waals surface area (Å²) in [6.45, 7) is 1.57. The minimum atomic E-state index is -1.99. The normalized spacial score (nSPS) is 27.6. The van der Waals surface area contributed by atoms with Crippen molar-refractivity contribution in [3.05, 3.63) is 97.2 Å². The number of carbonyl (C=O) groups excluding carboxylic acids is 1. The molecule has 1 amide bonds. The van der Waals surface area contributed by atoms with E-state index in [1.807, 2.05) is 6.08 Å². The van der Waals surface area contributed by atoms with Gasteiger partial charge >= 0.3 is 0 Å². The predicted octanol–water partition coefficient (Wildman–Crippen LogP) is 11.2. The Hall–Kier alpha value is -3.29. The monoisotopic (exact) mass is 1360 g/mol. The largest absolute Gasteiger partial charge is 0.394 e. The molecule has 0 aromatic heterocycles. The number of allylic oxidation sites excluding steroid dienone is 15. The van der Waals surface area contributed by atoms with Crippen molar-refractivity contribution in [3.8, 4) is 0 Å². The van der Waals surface area contributed by atoms with Gasteiger partial charge in [-0.3, -0.25) is 4.79 Å². The fraction of sp³-hybridized carbons (Fsp3) is 0.779. The van der Waals surface area contributed by atoms with E-state index < -0.39 is 131 Å². The van der Waals surface area contributed by atoms with Crippen LogP contribution in [0.25, 0.3) is 0 Å². The SMILES string of the molecule is CC/C=C\C/C=C\C/C=C\C/C=C\C/C=C\CCCCCC(=O)NC(COC1OC(CO)C(OC2OC(CO)C(OC3OC(CO)C(O)C(O)C3O)C(O)C2O)C(O)C1O)C(O)/C=C/CC/C=C/CC/C=C/CCCCCCCCCCCCCCCCCCCCCCCC. The third-order valence-electron chi connectivity index (χ3n) is 18.1. The Morgan fingerprint density at radius 1 is 0.385 bits per heavy atom. The maximum Gasteiger partial charge on any atom is 0.220 e. The molecule has 3 fully saturated rings. The third kappa shape index (κ3) is 37.9. The lowest BCUT2D eigenvalue weighted by molar-refractivity contribution is -0.379. The maximum atomic E-state index is 13.4. The van der Waals surface area contributed by atoms with Crippen molar-refractivity contribution in [1.29, 1.82) is 0 Å². The number of unbranched alkanes of at least 4 members (excludes halogenated alkanes) is 27. The average Bonchev–Trinajstić information content (AvgIpc) is 0.798. The summed E-state index contributed by atoms with van der Waals surface area (Å²) < 4.78 is 34.3. The van der Waals surface area contributed by atoms with E-state index in [-0.39, 0.29) is 12.3 Å². The Labute approximate surface area is 577 Å². The Kier molecular flexibility index (Phi) is 51.9. The Morgan fingerprint density at radius 3 is 1.17 bits per heavy atom. The molecule has 3 aliphatic rings. The van der Waals surface area contributed by atoms with Gasteiger partial charge in [-0.1, -0.05) is 252 Å². The lowest BCUT2D eigenvalue weighted by Gasteiger charge is -2.48.